The van der Waals surface area contributed by atoms with Gasteiger partial charge in [-0.15, -0.1) is 0 Å². The number of fused-ring (bicyclic) bond motifs is 1. The molecule has 1 heterocycles. The molecule has 0 atom stereocenters. The van der Waals surface area contributed by atoms with Crippen molar-refractivity contribution in [3.63, 3.8) is 0 Å². The smallest absolute Gasteiger partial charge is 0.116 e. The molecule has 1 aromatic rings. The Bertz CT molecular complexity index is 331. The van der Waals surface area contributed by atoms with Crippen LogP contribution in [0, 0.1) is 0 Å². The maximum atomic E-state index is 5.35. The third-order valence-corrected chi connectivity index (χ3v) is 2.27. The van der Waals surface area contributed by atoms with Crippen molar-refractivity contribution >= 4 is 11.5 Å². The minimum absolute atomic E-state index is 0.880. The van der Waals surface area contributed by atoms with Crippen molar-refractivity contribution in [3.05, 3.63) is 29.8 Å². The zero-order valence-electron chi connectivity index (χ0n) is 7.46. The molecule has 3 nitrogen and oxygen atoms in total. The third kappa shape index (κ3) is 1.70. The summed E-state index contributed by atoms with van der Waals surface area (Å²) in [6.07, 6.45) is 3.14. The Labute approximate surface area is 77.6 Å². The van der Waals surface area contributed by atoms with Gasteiger partial charge in [0.15, 0.2) is 0 Å². The van der Waals surface area contributed by atoms with Gasteiger partial charge in [0.1, 0.15) is 5.84 Å². The van der Waals surface area contributed by atoms with Crippen LogP contribution < -0.4 is 11.3 Å². The summed E-state index contributed by atoms with van der Waals surface area (Å²) in [5.41, 5.74) is 5.00. The van der Waals surface area contributed by atoms with Gasteiger partial charge in [-0.05, 0) is 24.5 Å². The first-order chi connectivity index (χ1) is 6.40. The monoisotopic (exact) mass is 175 g/mol. The Morgan fingerprint density at radius 3 is 2.92 bits per heavy atom. The molecule has 0 radical (unpaired) electrons. The average Bonchev–Trinajstić information content (AvgIpc) is 2.38. The molecule has 0 amide bonds. The van der Waals surface area contributed by atoms with Crippen LogP contribution >= 0.6 is 0 Å². The largest absolute Gasteiger partial charge is 0.312 e. The fourth-order valence-electron chi connectivity index (χ4n) is 1.58. The highest BCUT2D eigenvalue weighted by Crippen LogP contribution is 2.23. The van der Waals surface area contributed by atoms with Crippen LogP contribution in [0.2, 0.25) is 0 Å². The van der Waals surface area contributed by atoms with E-state index in [0.717, 1.165) is 30.8 Å². The van der Waals surface area contributed by atoms with Crippen molar-refractivity contribution in [1.82, 2.24) is 5.43 Å². The van der Waals surface area contributed by atoms with Crippen molar-refractivity contribution in [1.29, 1.82) is 0 Å². The van der Waals surface area contributed by atoms with Crippen LogP contribution in [0.25, 0.3) is 0 Å². The van der Waals surface area contributed by atoms with Crippen LogP contribution in [0.3, 0.4) is 0 Å². The normalized spacial score (nSPS) is 15.6. The topological polar surface area (TPSA) is 50.4 Å². The molecular formula is C10H13N3. The highest BCUT2D eigenvalue weighted by atomic mass is 15.2. The molecule has 1 aliphatic rings. The second-order valence-electron chi connectivity index (χ2n) is 3.19. The van der Waals surface area contributed by atoms with Crippen molar-refractivity contribution < 1.29 is 0 Å². The number of rotatable bonds is 0. The number of nitrogens with two attached hydrogens (primary N) is 1. The molecule has 3 N–H and O–H groups in total. The van der Waals surface area contributed by atoms with Gasteiger partial charge in [-0.25, -0.2) is 10.8 Å². The van der Waals surface area contributed by atoms with E-state index in [1.807, 2.05) is 12.1 Å². The zero-order chi connectivity index (χ0) is 9.10. The van der Waals surface area contributed by atoms with Gasteiger partial charge in [-0.1, -0.05) is 18.2 Å². The molecule has 0 aliphatic carbocycles. The van der Waals surface area contributed by atoms with Crippen molar-refractivity contribution in [3.8, 4) is 0 Å². The van der Waals surface area contributed by atoms with Gasteiger partial charge in [-0.3, -0.25) is 0 Å². The molecule has 1 aliphatic heterocycles. The maximum Gasteiger partial charge on any atom is 0.116 e. The number of hydrazine groups is 1. The van der Waals surface area contributed by atoms with Crippen LogP contribution in [0.1, 0.15) is 18.4 Å². The fourth-order valence-corrected chi connectivity index (χ4v) is 1.58. The number of amidine groups is 1. The number of aryl methyl sites for hydroxylation is 1. The lowest BCUT2D eigenvalue weighted by molar-refractivity contribution is 0.847. The minimum atomic E-state index is 0.880. The van der Waals surface area contributed by atoms with E-state index >= 15 is 0 Å². The second-order valence-corrected chi connectivity index (χ2v) is 3.19. The highest BCUT2D eigenvalue weighted by molar-refractivity contribution is 5.85. The Kier molecular flexibility index (Phi) is 2.27. The van der Waals surface area contributed by atoms with Crippen molar-refractivity contribution in [2.45, 2.75) is 19.3 Å². The first-order valence-corrected chi connectivity index (χ1v) is 4.52. The zero-order valence-corrected chi connectivity index (χ0v) is 7.46. The summed E-state index contributed by atoms with van der Waals surface area (Å²) < 4.78 is 0. The number of hydrogen-bond donors (Lipinski definition) is 2. The predicted molar refractivity (Wildman–Crippen MR) is 53.8 cm³/mol. The van der Waals surface area contributed by atoms with Crippen molar-refractivity contribution in [2.24, 2.45) is 10.8 Å². The van der Waals surface area contributed by atoms with Gasteiger partial charge in [-0.2, -0.15) is 0 Å². The summed E-state index contributed by atoms with van der Waals surface area (Å²) in [5, 5.41) is 0. The Morgan fingerprint density at radius 2 is 2.08 bits per heavy atom. The lowest BCUT2D eigenvalue weighted by atomic mass is 10.1. The van der Waals surface area contributed by atoms with Crippen LogP contribution in [0.5, 0.6) is 0 Å². The fraction of sp³-hybridized carbons (Fsp3) is 0.300. The van der Waals surface area contributed by atoms with Crippen LogP contribution in [0.15, 0.2) is 29.3 Å². The standard InChI is InChI=1S/C10H13N3/c11-13-10-7-3-5-8-4-1-2-6-9(8)12-10/h1-2,4,6H,3,5,7,11H2,(H,12,13). The lowest BCUT2D eigenvalue weighted by Gasteiger charge is -2.00. The summed E-state index contributed by atoms with van der Waals surface area (Å²) in [6, 6.07) is 8.20. The van der Waals surface area contributed by atoms with E-state index in [2.05, 4.69) is 22.6 Å². The molecule has 0 fully saturated rings. The summed E-state index contributed by atoms with van der Waals surface area (Å²) in [5.74, 6) is 6.23. The third-order valence-electron chi connectivity index (χ3n) is 2.27. The van der Waals surface area contributed by atoms with E-state index in [1.54, 1.807) is 0 Å². The van der Waals surface area contributed by atoms with E-state index < -0.39 is 0 Å². The van der Waals surface area contributed by atoms with E-state index in [9.17, 15) is 0 Å². The number of benzene rings is 1. The van der Waals surface area contributed by atoms with E-state index in [4.69, 9.17) is 5.84 Å². The number of hydrogen-bond acceptors (Lipinski definition) is 3. The number of nitrogens with one attached hydrogen (secondary N) is 1. The summed E-state index contributed by atoms with van der Waals surface area (Å²) in [6.45, 7) is 0. The molecule has 1 aromatic carbocycles. The Morgan fingerprint density at radius 1 is 1.23 bits per heavy atom. The van der Waals surface area contributed by atoms with Crippen LogP contribution in [-0.4, -0.2) is 5.84 Å². The second kappa shape index (κ2) is 3.58. The first-order valence-electron chi connectivity index (χ1n) is 4.52. The van der Waals surface area contributed by atoms with Gasteiger partial charge in [0.05, 0.1) is 5.69 Å². The summed E-state index contributed by atoms with van der Waals surface area (Å²) in [7, 11) is 0. The van der Waals surface area contributed by atoms with Gasteiger partial charge < -0.3 is 5.43 Å². The van der Waals surface area contributed by atoms with Crippen LogP contribution in [0.4, 0.5) is 5.69 Å². The SMILES string of the molecule is NNC1=Nc2ccccc2CCC1. The van der Waals surface area contributed by atoms with Gasteiger partial charge in [0.2, 0.25) is 0 Å². The average molecular weight is 175 g/mol. The Hall–Kier alpha value is -1.35. The molecule has 3 heteroatoms. The molecule has 0 saturated carbocycles. The molecule has 0 unspecified atom stereocenters. The molecule has 68 valence electrons. The van der Waals surface area contributed by atoms with Gasteiger partial charge in [0, 0.05) is 6.42 Å². The maximum absolute atomic E-state index is 5.35. The number of para-hydroxylation sites is 1. The predicted octanol–water partition coefficient (Wildman–Crippen LogP) is 1.52. The number of nitrogens with zero attached hydrogens (tertiary/aromatic N) is 1. The van der Waals surface area contributed by atoms with Gasteiger partial charge in [0.25, 0.3) is 0 Å². The molecule has 13 heavy (non-hydrogen) atoms. The number of aliphatic imine (C=N–C) groups is 1. The molecular weight excluding hydrogens is 162 g/mol. The first kappa shape index (κ1) is 8.26. The quantitative estimate of drug-likeness (QED) is 0.464. The summed E-state index contributed by atoms with van der Waals surface area (Å²) in [4.78, 5) is 4.44. The molecule has 0 saturated heterocycles. The minimum Gasteiger partial charge on any atom is -0.312 e. The van der Waals surface area contributed by atoms with Gasteiger partial charge >= 0.3 is 0 Å². The van der Waals surface area contributed by atoms with E-state index in [-0.39, 0.29) is 0 Å². The molecule has 2 rings (SSSR count). The molecule has 0 spiro atoms. The van der Waals surface area contributed by atoms with Crippen LogP contribution in [-0.2, 0) is 6.42 Å². The highest BCUT2D eigenvalue weighted by Gasteiger charge is 2.07. The lowest BCUT2D eigenvalue weighted by Crippen LogP contribution is -2.29. The van der Waals surface area contributed by atoms with E-state index in [1.165, 1.54) is 5.56 Å². The molecule has 0 aromatic heterocycles. The summed E-state index contributed by atoms with van der Waals surface area (Å²) >= 11 is 0. The Balaban J connectivity index is 2.40. The van der Waals surface area contributed by atoms with E-state index in [0.29, 0.717) is 0 Å². The van der Waals surface area contributed by atoms with Crippen molar-refractivity contribution in [2.75, 3.05) is 0 Å². The molecule has 0 bridgehead atoms.